The number of nitrogens with one attached hydrogen (secondary N) is 1. The molecule has 0 aliphatic heterocycles. The fourth-order valence-corrected chi connectivity index (χ4v) is 2.30. The minimum Gasteiger partial charge on any atom is -0.493 e. The predicted molar refractivity (Wildman–Crippen MR) is 92.1 cm³/mol. The van der Waals surface area contributed by atoms with Crippen LogP contribution >= 0.6 is 0 Å². The van der Waals surface area contributed by atoms with E-state index in [0.29, 0.717) is 31.3 Å². The van der Waals surface area contributed by atoms with Crippen LogP contribution in [0.4, 0.5) is 0 Å². The summed E-state index contributed by atoms with van der Waals surface area (Å²) < 4.78 is 16.0. The molecule has 0 aromatic heterocycles. The third-order valence-electron chi connectivity index (χ3n) is 3.55. The third-order valence-corrected chi connectivity index (χ3v) is 3.55. The van der Waals surface area contributed by atoms with Gasteiger partial charge >= 0.3 is 0 Å². The molecule has 24 heavy (non-hydrogen) atoms. The third kappa shape index (κ3) is 5.28. The first-order valence-corrected chi connectivity index (χ1v) is 7.83. The lowest BCUT2D eigenvalue weighted by atomic mass is 10.1. The number of carbonyl (C=O) groups excluding carboxylic acids is 1. The average molecular weight is 329 g/mol. The lowest BCUT2D eigenvalue weighted by molar-refractivity contribution is -0.121. The average Bonchev–Trinajstić information content (AvgIpc) is 2.61. The zero-order valence-corrected chi connectivity index (χ0v) is 14.1. The van der Waals surface area contributed by atoms with Gasteiger partial charge in [-0.05, 0) is 23.3 Å². The van der Waals surface area contributed by atoms with Crippen molar-refractivity contribution in [3.05, 3.63) is 59.7 Å². The second-order valence-electron chi connectivity index (χ2n) is 5.23. The van der Waals surface area contributed by atoms with Crippen molar-refractivity contribution in [2.45, 2.75) is 19.6 Å². The van der Waals surface area contributed by atoms with Gasteiger partial charge in [0.25, 0.3) is 0 Å². The normalized spacial score (nSPS) is 10.2. The van der Waals surface area contributed by atoms with Crippen molar-refractivity contribution in [2.24, 2.45) is 0 Å². The van der Waals surface area contributed by atoms with Crippen molar-refractivity contribution in [2.75, 3.05) is 20.8 Å². The molecule has 0 saturated carbocycles. The number of hydrogen-bond donors (Lipinski definition) is 1. The van der Waals surface area contributed by atoms with Crippen LogP contribution in [-0.2, 0) is 22.7 Å². The fourth-order valence-electron chi connectivity index (χ4n) is 2.30. The first-order valence-electron chi connectivity index (χ1n) is 7.83. The van der Waals surface area contributed by atoms with E-state index >= 15 is 0 Å². The summed E-state index contributed by atoms with van der Waals surface area (Å²) in [6.45, 7) is 1.31. The number of hydrogen-bond acceptors (Lipinski definition) is 4. The molecule has 1 N–H and O–H groups in total. The first-order chi connectivity index (χ1) is 11.7. The second kappa shape index (κ2) is 9.57. The van der Waals surface area contributed by atoms with E-state index in [-0.39, 0.29) is 12.3 Å². The van der Waals surface area contributed by atoms with E-state index in [9.17, 15) is 4.79 Å². The van der Waals surface area contributed by atoms with E-state index < -0.39 is 0 Å². The SMILES string of the molecule is COCc1ccccc1CNC(=O)CCOc1ccccc1OC. The molecule has 0 atom stereocenters. The maximum atomic E-state index is 12.0. The predicted octanol–water partition coefficient (Wildman–Crippen LogP) is 2.93. The highest BCUT2D eigenvalue weighted by Gasteiger charge is 2.07. The quantitative estimate of drug-likeness (QED) is 0.768. The molecule has 0 unspecified atom stereocenters. The van der Waals surface area contributed by atoms with Gasteiger partial charge in [0.1, 0.15) is 0 Å². The van der Waals surface area contributed by atoms with Gasteiger partial charge in [-0.1, -0.05) is 36.4 Å². The molecule has 0 fully saturated rings. The van der Waals surface area contributed by atoms with Gasteiger partial charge in [-0.3, -0.25) is 4.79 Å². The summed E-state index contributed by atoms with van der Waals surface area (Å²) in [5, 5.41) is 2.91. The fraction of sp³-hybridized carbons (Fsp3) is 0.316. The zero-order chi connectivity index (χ0) is 17.2. The standard InChI is InChI=1S/C19H23NO4/c1-22-14-16-8-4-3-7-15(16)13-20-19(21)11-12-24-18-10-6-5-9-17(18)23-2/h3-10H,11-14H2,1-2H3,(H,20,21). The molecule has 0 spiro atoms. The van der Waals surface area contributed by atoms with Crippen molar-refractivity contribution in [3.63, 3.8) is 0 Å². The smallest absolute Gasteiger partial charge is 0.223 e. The van der Waals surface area contributed by atoms with Gasteiger partial charge in [0, 0.05) is 13.7 Å². The number of rotatable bonds is 9. The summed E-state index contributed by atoms with van der Waals surface area (Å²) >= 11 is 0. The first kappa shape index (κ1) is 17.8. The van der Waals surface area contributed by atoms with E-state index in [2.05, 4.69) is 5.32 Å². The maximum absolute atomic E-state index is 12.0. The van der Waals surface area contributed by atoms with Gasteiger partial charge in [-0.25, -0.2) is 0 Å². The van der Waals surface area contributed by atoms with E-state index in [1.165, 1.54) is 0 Å². The molecule has 2 aromatic rings. The lowest BCUT2D eigenvalue weighted by Crippen LogP contribution is -2.25. The molecule has 0 bridgehead atoms. The van der Waals surface area contributed by atoms with Gasteiger partial charge in [0.15, 0.2) is 11.5 Å². The second-order valence-corrected chi connectivity index (χ2v) is 5.23. The Labute approximate surface area is 142 Å². The molecular weight excluding hydrogens is 306 g/mol. The van der Waals surface area contributed by atoms with Crippen LogP contribution in [0.3, 0.4) is 0 Å². The van der Waals surface area contributed by atoms with Crippen molar-refractivity contribution in [1.82, 2.24) is 5.32 Å². The Bertz CT molecular complexity index is 657. The van der Waals surface area contributed by atoms with Crippen LogP contribution in [0.2, 0.25) is 0 Å². The van der Waals surface area contributed by atoms with Gasteiger partial charge in [-0.2, -0.15) is 0 Å². The maximum Gasteiger partial charge on any atom is 0.223 e. The number of benzene rings is 2. The zero-order valence-electron chi connectivity index (χ0n) is 14.1. The molecule has 0 heterocycles. The molecule has 5 heteroatoms. The van der Waals surface area contributed by atoms with E-state index in [1.807, 2.05) is 48.5 Å². The topological polar surface area (TPSA) is 56.8 Å². The summed E-state index contributed by atoms with van der Waals surface area (Å²) in [5.74, 6) is 1.24. The van der Waals surface area contributed by atoms with Gasteiger partial charge in [0.2, 0.25) is 5.91 Å². The Morgan fingerprint density at radius 2 is 1.62 bits per heavy atom. The Balaban J connectivity index is 1.78. The molecule has 0 aliphatic carbocycles. The van der Waals surface area contributed by atoms with Crippen LogP contribution in [0, 0.1) is 0 Å². The van der Waals surface area contributed by atoms with E-state index in [4.69, 9.17) is 14.2 Å². The Morgan fingerprint density at radius 1 is 0.958 bits per heavy atom. The van der Waals surface area contributed by atoms with Crippen LogP contribution in [0.5, 0.6) is 11.5 Å². The van der Waals surface area contributed by atoms with Crippen molar-refractivity contribution >= 4 is 5.91 Å². The van der Waals surface area contributed by atoms with Crippen LogP contribution in [0.1, 0.15) is 17.5 Å². The Kier molecular flexibility index (Phi) is 7.11. The number of methoxy groups -OCH3 is 2. The van der Waals surface area contributed by atoms with Crippen LogP contribution < -0.4 is 14.8 Å². The van der Waals surface area contributed by atoms with Crippen LogP contribution in [0.15, 0.2) is 48.5 Å². The van der Waals surface area contributed by atoms with Crippen molar-refractivity contribution in [3.8, 4) is 11.5 Å². The summed E-state index contributed by atoms with van der Waals surface area (Å²) in [6.07, 6.45) is 0.282. The van der Waals surface area contributed by atoms with E-state index in [0.717, 1.165) is 11.1 Å². The van der Waals surface area contributed by atoms with Gasteiger partial charge in [-0.15, -0.1) is 0 Å². The molecule has 2 rings (SSSR count). The van der Waals surface area contributed by atoms with Crippen molar-refractivity contribution in [1.29, 1.82) is 0 Å². The lowest BCUT2D eigenvalue weighted by Gasteiger charge is -2.11. The van der Waals surface area contributed by atoms with Crippen molar-refractivity contribution < 1.29 is 19.0 Å². The highest BCUT2D eigenvalue weighted by Crippen LogP contribution is 2.25. The Morgan fingerprint density at radius 3 is 2.33 bits per heavy atom. The summed E-state index contributed by atoms with van der Waals surface area (Å²) in [5.41, 5.74) is 2.13. The molecule has 2 aromatic carbocycles. The Hall–Kier alpha value is -2.53. The van der Waals surface area contributed by atoms with Crippen LogP contribution in [-0.4, -0.2) is 26.7 Å². The molecule has 0 saturated heterocycles. The number of amides is 1. The number of ether oxygens (including phenoxy) is 3. The summed E-state index contributed by atoms with van der Waals surface area (Å²) in [4.78, 5) is 12.0. The molecule has 0 radical (unpaired) electrons. The number of para-hydroxylation sites is 2. The highest BCUT2D eigenvalue weighted by molar-refractivity contribution is 5.76. The molecule has 0 aliphatic rings. The molecule has 128 valence electrons. The van der Waals surface area contributed by atoms with Gasteiger partial charge in [0.05, 0.1) is 26.7 Å². The monoisotopic (exact) mass is 329 g/mol. The molecule has 1 amide bonds. The molecule has 5 nitrogen and oxygen atoms in total. The highest BCUT2D eigenvalue weighted by atomic mass is 16.5. The largest absolute Gasteiger partial charge is 0.493 e. The minimum atomic E-state index is -0.0582. The van der Waals surface area contributed by atoms with Gasteiger partial charge < -0.3 is 19.5 Å². The minimum absolute atomic E-state index is 0.0582. The summed E-state index contributed by atoms with van der Waals surface area (Å²) in [7, 11) is 3.25. The van der Waals surface area contributed by atoms with Crippen LogP contribution in [0.25, 0.3) is 0 Å². The van der Waals surface area contributed by atoms with E-state index in [1.54, 1.807) is 14.2 Å². The number of carbonyl (C=O) groups is 1. The summed E-state index contributed by atoms with van der Waals surface area (Å²) in [6, 6.07) is 15.3. The molecular formula is C19H23NO4.